The fourth-order valence-corrected chi connectivity index (χ4v) is 7.81. The van der Waals surface area contributed by atoms with Gasteiger partial charge < -0.3 is 14.4 Å². The minimum Gasteiger partial charge on any atom is -0.335 e. The fraction of sp³-hybridized carbons (Fsp3) is 0.0800. The second-order valence-corrected chi connectivity index (χ2v) is 14.8. The summed E-state index contributed by atoms with van der Waals surface area (Å²) in [6, 6.07) is 60.6. The van der Waals surface area contributed by atoms with Crippen molar-refractivity contribution in [3.63, 3.8) is 0 Å². The maximum Gasteiger partial charge on any atom is 0.0645 e. The van der Waals surface area contributed by atoms with E-state index in [0.717, 1.165) is 45.3 Å². The summed E-state index contributed by atoms with van der Waals surface area (Å²) in [6.07, 6.45) is 7.50. The van der Waals surface area contributed by atoms with Crippen LogP contribution in [0.4, 0.5) is 34.1 Å². The van der Waals surface area contributed by atoms with Crippen molar-refractivity contribution in [1.82, 2.24) is 14.5 Å². The molecule has 0 saturated heterocycles. The second-order valence-electron chi connectivity index (χ2n) is 14.8. The van der Waals surface area contributed by atoms with Gasteiger partial charge in [-0.15, -0.1) is 0 Å². The third-order valence-corrected chi connectivity index (χ3v) is 10.2. The predicted octanol–water partition coefficient (Wildman–Crippen LogP) is 13.6. The molecule has 6 aromatic carbocycles. The van der Waals surface area contributed by atoms with Crippen molar-refractivity contribution in [2.24, 2.45) is 0 Å². The quantitative estimate of drug-likeness (QED) is 0.157. The summed E-state index contributed by atoms with van der Waals surface area (Å²) >= 11 is 0. The van der Waals surface area contributed by atoms with E-state index in [4.69, 9.17) is 0 Å². The first kappa shape index (κ1) is 33.8. The van der Waals surface area contributed by atoms with Crippen molar-refractivity contribution in [1.29, 1.82) is 0 Å². The highest BCUT2D eigenvalue weighted by Gasteiger charge is 2.24. The molecule has 0 radical (unpaired) electrons. The molecule has 5 heteroatoms. The molecule has 0 aliphatic heterocycles. The molecule has 0 N–H and O–H groups in total. The number of fused-ring (bicyclic) bond motifs is 2. The van der Waals surface area contributed by atoms with Crippen LogP contribution in [0.25, 0.3) is 44.1 Å². The van der Waals surface area contributed by atoms with Crippen molar-refractivity contribution in [3.8, 4) is 22.5 Å². The lowest BCUT2D eigenvalue weighted by atomic mass is 10.0. The van der Waals surface area contributed by atoms with Crippen LogP contribution in [-0.4, -0.2) is 14.5 Å². The predicted molar refractivity (Wildman–Crippen MR) is 230 cm³/mol. The number of anilines is 6. The molecule has 3 aromatic heterocycles. The minimum atomic E-state index is -0.180. The molecule has 266 valence electrons. The zero-order chi connectivity index (χ0) is 37.4. The van der Waals surface area contributed by atoms with Gasteiger partial charge in [0, 0.05) is 51.5 Å². The molecule has 0 saturated carbocycles. The van der Waals surface area contributed by atoms with Crippen LogP contribution in [0.3, 0.4) is 0 Å². The van der Waals surface area contributed by atoms with Gasteiger partial charge in [-0.25, -0.2) is 0 Å². The Labute approximate surface area is 322 Å². The van der Waals surface area contributed by atoms with Gasteiger partial charge in [-0.2, -0.15) is 0 Å². The first-order valence-electron chi connectivity index (χ1n) is 18.7. The molecular weight excluding hydrogens is 671 g/mol. The molecule has 0 spiro atoms. The molecule has 0 amide bonds. The van der Waals surface area contributed by atoms with E-state index in [1.165, 1.54) is 32.9 Å². The summed E-state index contributed by atoms with van der Waals surface area (Å²) in [5.41, 5.74) is 10.9. The maximum atomic E-state index is 4.48. The largest absolute Gasteiger partial charge is 0.335 e. The zero-order valence-corrected chi connectivity index (χ0v) is 31.2. The molecule has 9 aromatic rings. The Bertz CT molecular complexity index is 2530. The molecule has 0 atom stereocenters. The van der Waals surface area contributed by atoms with Gasteiger partial charge in [0.25, 0.3) is 0 Å². The highest BCUT2D eigenvalue weighted by atomic mass is 15.2. The van der Waals surface area contributed by atoms with Crippen LogP contribution in [-0.2, 0) is 5.54 Å². The number of rotatable bonds is 8. The number of hydrogen-bond acceptors (Lipinski definition) is 4. The summed E-state index contributed by atoms with van der Waals surface area (Å²) in [4.78, 5) is 13.5. The SMILES string of the molecule is CC(C)(C)n1c(-c2ccc(N(c3cccnc3)c3cccc4ccccc34)cc2)ccc1-c1ccc(N(c2cccnc2)c2cccc3ccccc23)cc1. The Morgan fingerprint density at radius 3 is 1.22 bits per heavy atom. The first-order valence-corrected chi connectivity index (χ1v) is 18.7. The Balaban J connectivity index is 1.09. The zero-order valence-electron chi connectivity index (χ0n) is 31.2. The second kappa shape index (κ2) is 14.1. The third kappa shape index (κ3) is 6.40. The van der Waals surface area contributed by atoms with Crippen LogP contribution in [0.1, 0.15) is 20.8 Å². The molecule has 0 unspecified atom stereocenters. The molecule has 0 fully saturated rings. The van der Waals surface area contributed by atoms with E-state index in [1.54, 1.807) is 0 Å². The smallest absolute Gasteiger partial charge is 0.0645 e. The van der Waals surface area contributed by atoms with Gasteiger partial charge in [0.15, 0.2) is 0 Å². The summed E-state index contributed by atoms with van der Waals surface area (Å²) in [7, 11) is 0. The van der Waals surface area contributed by atoms with Crippen LogP contribution in [0.2, 0.25) is 0 Å². The van der Waals surface area contributed by atoms with E-state index >= 15 is 0 Å². The van der Waals surface area contributed by atoms with Crippen molar-refractivity contribution in [2.45, 2.75) is 26.3 Å². The number of hydrogen-bond donors (Lipinski definition) is 0. The monoisotopic (exact) mass is 711 g/mol. The average Bonchev–Trinajstić information content (AvgIpc) is 3.69. The fourth-order valence-electron chi connectivity index (χ4n) is 7.81. The van der Waals surface area contributed by atoms with Gasteiger partial charge in [-0.3, -0.25) is 9.97 Å². The Morgan fingerprint density at radius 2 is 0.818 bits per heavy atom. The lowest BCUT2D eigenvalue weighted by Gasteiger charge is -2.29. The highest BCUT2D eigenvalue weighted by Crippen LogP contribution is 2.42. The summed E-state index contributed by atoms with van der Waals surface area (Å²) in [5, 5.41) is 4.78. The number of nitrogens with zero attached hydrogens (tertiary/aromatic N) is 5. The molecule has 9 rings (SSSR count). The number of pyridine rings is 2. The van der Waals surface area contributed by atoms with Gasteiger partial charge in [0.2, 0.25) is 0 Å². The molecule has 5 nitrogen and oxygen atoms in total. The van der Waals surface area contributed by atoms with Gasteiger partial charge in [-0.05, 0) is 115 Å². The highest BCUT2D eigenvalue weighted by molar-refractivity contribution is 6.00. The van der Waals surface area contributed by atoms with Gasteiger partial charge >= 0.3 is 0 Å². The van der Waals surface area contributed by atoms with Crippen molar-refractivity contribution in [2.75, 3.05) is 9.80 Å². The van der Waals surface area contributed by atoms with E-state index in [1.807, 2.05) is 36.9 Å². The van der Waals surface area contributed by atoms with E-state index in [2.05, 4.69) is 203 Å². The molecule has 3 heterocycles. The van der Waals surface area contributed by atoms with Crippen LogP contribution in [0, 0.1) is 0 Å². The van der Waals surface area contributed by atoms with E-state index in [-0.39, 0.29) is 5.54 Å². The van der Waals surface area contributed by atoms with Crippen molar-refractivity contribution < 1.29 is 0 Å². The maximum absolute atomic E-state index is 4.48. The average molecular weight is 712 g/mol. The Morgan fingerprint density at radius 1 is 0.400 bits per heavy atom. The lowest BCUT2D eigenvalue weighted by molar-refractivity contribution is 0.407. The van der Waals surface area contributed by atoms with Crippen molar-refractivity contribution in [3.05, 3.63) is 195 Å². The van der Waals surface area contributed by atoms with Gasteiger partial charge in [0.1, 0.15) is 0 Å². The topological polar surface area (TPSA) is 37.2 Å². The molecular formula is C50H41N5. The lowest BCUT2D eigenvalue weighted by Crippen LogP contribution is -2.23. The van der Waals surface area contributed by atoms with Crippen LogP contribution in [0.5, 0.6) is 0 Å². The first-order chi connectivity index (χ1) is 26.9. The summed E-state index contributed by atoms with van der Waals surface area (Å²) in [6.45, 7) is 6.83. The van der Waals surface area contributed by atoms with E-state index in [9.17, 15) is 0 Å². The van der Waals surface area contributed by atoms with Crippen LogP contribution in [0.15, 0.2) is 195 Å². The normalized spacial score (nSPS) is 11.5. The van der Waals surface area contributed by atoms with E-state index < -0.39 is 0 Å². The molecule has 0 aliphatic carbocycles. The standard InChI is InChI=1S/C50H41N5/c1-50(2,3)55-46(38-22-26-40(27-23-38)53(42-16-10-32-51-34-42)48-20-8-14-36-12-4-6-18-44(36)48)30-31-47(55)39-24-28-41(29-25-39)54(43-17-11-33-52-35-43)49-21-9-15-37-13-5-7-19-45(37)49/h4-35H,1-3H3. The van der Waals surface area contributed by atoms with Crippen molar-refractivity contribution >= 4 is 55.7 Å². The Hall–Kier alpha value is -6.98. The van der Waals surface area contributed by atoms with E-state index in [0.29, 0.717) is 0 Å². The number of aromatic nitrogens is 3. The summed E-state index contributed by atoms with van der Waals surface area (Å²) in [5.74, 6) is 0. The molecule has 0 aliphatic rings. The van der Waals surface area contributed by atoms with Gasteiger partial charge in [-0.1, -0.05) is 97.1 Å². The molecule has 0 bridgehead atoms. The number of benzene rings is 6. The third-order valence-electron chi connectivity index (χ3n) is 10.2. The van der Waals surface area contributed by atoms with Gasteiger partial charge in [0.05, 0.1) is 35.1 Å². The Kier molecular flexibility index (Phi) is 8.68. The molecule has 55 heavy (non-hydrogen) atoms. The van der Waals surface area contributed by atoms with Crippen LogP contribution >= 0.6 is 0 Å². The summed E-state index contributed by atoms with van der Waals surface area (Å²) < 4.78 is 2.46. The minimum absolute atomic E-state index is 0.180. The van der Waals surface area contributed by atoms with Crippen LogP contribution < -0.4 is 9.80 Å².